The van der Waals surface area contributed by atoms with Gasteiger partial charge in [0, 0.05) is 24.4 Å². The maximum absolute atomic E-state index is 11.5. The quantitative estimate of drug-likeness (QED) is 0.678. The van der Waals surface area contributed by atoms with Crippen molar-refractivity contribution >= 4 is 17.3 Å². The zero-order chi connectivity index (χ0) is 14.9. The largest absolute Gasteiger partial charge is 0.480 e. The maximum Gasteiger partial charge on any atom is 0.326 e. The Labute approximate surface area is 117 Å². The SMILES string of the molecule is Cc1ccc([N+](=O)[O-])cc1N1CCCC(C)C1C(=O)O. The fraction of sp³-hybridized carbons (Fsp3) is 0.500. The van der Waals surface area contributed by atoms with Crippen LogP contribution >= 0.6 is 0 Å². The molecule has 1 saturated heterocycles. The average Bonchev–Trinajstić information content (AvgIpc) is 2.38. The molecule has 1 fully saturated rings. The Morgan fingerprint density at radius 2 is 2.20 bits per heavy atom. The first-order valence-corrected chi connectivity index (χ1v) is 6.66. The molecule has 1 heterocycles. The van der Waals surface area contributed by atoms with Crippen LogP contribution in [0.15, 0.2) is 18.2 Å². The fourth-order valence-electron chi connectivity index (χ4n) is 2.86. The number of nitro groups is 1. The lowest BCUT2D eigenvalue weighted by Gasteiger charge is -2.39. The van der Waals surface area contributed by atoms with E-state index in [0.717, 1.165) is 18.4 Å². The third-order valence-corrected chi connectivity index (χ3v) is 3.90. The first-order chi connectivity index (χ1) is 9.41. The molecule has 1 N–H and O–H groups in total. The van der Waals surface area contributed by atoms with Gasteiger partial charge in [-0.25, -0.2) is 4.79 Å². The second-order valence-corrected chi connectivity index (χ2v) is 5.32. The molecule has 1 aliphatic heterocycles. The predicted octanol–water partition coefficient (Wildman–Crippen LogP) is 2.59. The van der Waals surface area contributed by atoms with Crippen LogP contribution in [0.4, 0.5) is 11.4 Å². The van der Waals surface area contributed by atoms with Gasteiger partial charge in [0.2, 0.25) is 0 Å². The van der Waals surface area contributed by atoms with Crippen molar-refractivity contribution in [2.24, 2.45) is 5.92 Å². The number of hydrogen-bond acceptors (Lipinski definition) is 4. The number of aliphatic carboxylic acids is 1. The summed E-state index contributed by atoms with van der Waals surface area (Å²) >= 11 is 0. The van der Waals surface area contributed by atoms with E-state index in [-0.39, 0.29) is 11.6 Å². The minimum absolute atomic E-state index is 0.00651. The van der Waals surface area contributed by atoms with E-state index in [0.29, 0.717) is 12.2 Å². The van der Waals surface area contributed by atoms with Gasteiger partial charge in [0.25, 0.3) is 5.69 Å². The number of aryl methyl sites for hydroxylation is 1. The minimum Gasteiger partial charge on any atom is -0.480 e. The third kappa shape index (κ3) is 2.59. The van der Waals surface area contributed by atoms with Crippen LogP contribution in [-0.2, 0) is 4.79 Å². The van der Waals surface area contributed by atoms with Crippen molar-refractivity contribution in [3.63, 3.8) is 0 Å². The van der Waals surface area contributed by atoms with Crippen molar-refractivity contribution < 1.29 is 14.8 Å². The summed E-state index contributed by atoms with van der Waals surface area (Å²) < 4.78 is 0. The Balaban J connectivity index is 2.44. The first kappa shape index (κ1) is 14.3. The predicted molar refractivity (Wildman–Crippen MR) is 75.0 cm³/mol. The summed E-state index contributed by atoms with van der Waals surface area (Å²) in [6.45, 7) is 4.37. The molecule has 6 nitrogen and oxygen atoms in total. The zero-order valence-corrected chi connectivity index (χ0v) is 11.6. The van der Waals surface area contributed by atoms with Crippen molar-refractivity contribution in [1.82, 2.24) is 0 Å². The molecule has 1 aromatic rings. The molecule has 0 aromatic heterocycles. The number of hydrogen-bond donors (Lipinski definition) is 1. The second kappa shape index (κ2) is 5.48. The van der Waals surface area contributed by atoms with E-state index >= 15 is 0 Å². The Bertz CT molecular complexity index is 544. The third-order valence-electron chi connectivity index (χ3n) is 3.90. The smallest absolute Gasteiger partial charge is 0.326 e. The lowest BCUT2D eigenvalue weighted by atomic mass is 9.90. The van der Waals surface area contributed by atoms with Crippen LogP contribution in [0.25, 0.3) is 0 Å². The van der Waals surface area contributed by atoms with Gasteiger partial charge in [-0.15, -0.1) is 0 Å². The van der Waals surface area contributed by atoms with Crippen LogP contribution in [0.3, 0.4) is 0 Å². The fourth-order valence-corrected chi connectivity index (χ4v) is 2.86. The monoisotopic (exact) mass is 278 g/mol. The summed E-state index contributed by atoms with van der Waals surface area (Å²) in [6, 6.07) is 3.97. The van der Waals surface area contributed by atoms with Crippen LogP contribution in [0, 0.1) is 23.0 Å². The van der Waals surface area contributed by atoms with E-state index in [1.54, 1.807) is 11.0 Å². The van der Waals surface area contributed by atoms with Crippen molar-refractivity contribution in [1.29, 1.82) is 0 Å². The molecule has 0 radical (unpaired) electrons. The van der Waals surface area contributed by atoms with E-state index in [1.807, 2.05) is 13.8 Å². The van der Waals surface area contributed by atoms with Crippen LogP contribution in [-0.4, -0.2) is 28.6 Å². The van der Waals surface area contributed by atoms with Crippen LogP contribution in [0.5, 0.6) is 0 Å². The first-order valence-electron chi connectivity index (χ1n) is 6.66. The van der Waals surface area contributed by atoms with E-state index < -0.39 is 16.9 Å². The highest BCUT2D eigenvalue weighted by Gasteiger charge is 2.35. The molecule has 6 heteroatoms. The van der Waals surface area contributed by atoms with Crippen LogP contribution < -0.4 is 4.90 Å². The number of non-ortho nitro benzene ring substituents is 1. The number of benzene rings is 1. The number of nitrogens with zero attached hydrogens (tertiary/aromatic N) is 2. The number of piperidine rings is 1. The number of carboxylic acids is 1. The molecule has 0 amide bonds. The molecular weight excluding hydrogens is 260 g/mol. The maximum atomic E-state index is 11.5. The normalized spacial score (nSPS) is 22.6. The molecule has 2 rings (SSSR count). The summed E-state index contributed by atoms with van der Waals surface area (Å²) in [7, 11) is 0. The Hall–Kier alpha value is -2.11. The summed E-state index contributed by atoms with van der Waals surface area (Å²) in [6.07, 6.45) is 1.76. The van der Waals surface area contributed by atoms with E-state index in [4.69, 9.17) is 0 Å². The van der Waals surface area contributed by atoms with E-state index in [1.165, 1.54) is 12.1 Å². The van der Waals surface area contributed by atoms with Crippen molar-refractivity contribution in [2.75, 3.05) is 11.4 Å². The van der Waals surface area contributed by atoms with Crippen molar-refractivity contribution in [3.8, 4) is 0 Å². The summed E-state index contributed by atoms with van der Waals surface area (Å²) in [5, 5.41) is 20.3. The van der Waals surface area contributed by atoms with Gasteiger partial charge in [-0.05, 0) is 31.2 Å². The highest BCUT2D eigenvalue weighted by molar-refractivity contribution is 5.80. The molecule has 0 aliphatic carbocycles. The van der Waals surface area contributed by atoms with Gasteiger partial charge in [0.1, 0.15) is 6.04 Å². The second-order valence-electron chi connectivity index (χ2n) is 5.32. The van der Waals surface area contributed by atoms with E-state index in [2.05, 4.69) is 0 Å². The minimum atomic E-state index is -0.872. The summed E-state index contributed by atoms with van der Waals surface area (Å²) in [4.78, 5) is 23.7. The molecule has 1 aliphatic rings. The number of nitro benzene ring substituents is 1. The molecule has 1 aromatic carbocycles. The lowest BCUT2D eigenvalue weighted by molar-refractivity contribution is -0.384. The topological polar surface area (TPSA) is 83.7 Å². The molecule has 0 spiro atoms. The molecule has 2 unspecified atom stereocenters. The number of anilines is 1. The molecule has 0 bridgehead atoms. The molecular formula is C14H18N2O4. The molecule has 20 heavy (non-hydrogen) atoms. The Morgan fingerprint density at radius 3 is 2.80 bits per heavy atom. The van der Waals surface area contributed by atoms with Gasteiger partial charge in [0.15, 0.2) is 0 Å². The number of rotatable bonds is 3. The highest BCUT2D eigenvalue weighted by atomic mass is 16.6. The van der Waals surface area contributed by atoms with Crippen molar-refractivity contribution in [2.45, 2.75) is 32.7 Å². The van der Waals surface area contributed by atoms with Gasteiger partial charge < -0.3 is 10.0 Å². The Morgan fingerprint density at radius 1 is 1.50 bits per heavy atom. The van der Waals surface area contributed by atoms with Gasteiger partial charge in [-0.2, -0.15) is 0 Å². The van der Waals surface area contributed by atoms with Crippen LogP contribution in [0.2, 0.25) is 0 Å². The van der Waals surface area contributed by atoms with Gasteiger partial charge in [-0.3, -0.25) is 10.1 Å². The van der Waals surface area contributed by atoms with Crippen molar-refractivity contribution in [3.05, 3.63) is 33.9 Å². The van der Waals surface area contributed by atoms with Gasteiger partial charge in [0.05, 0.1) is 4.92 Å². The standard InChI is InChI=1S/C14H18N2O4/c1-9-5-6-11(16(19)20)8-12(9)15-7-3-4-10(2)13(15)14(17)18/h5-6,8,10,13H,3-4,7H2,1-2H3,(H,17,18). The van der Waals surface area contributed by atoms with Crippen LogP contribution in [0.1, 0.15) is 25.3 Å². The highest BCUT2D eigenvalue weighted by Crippen LogP contribution is 2.33. The lowest BCUT2D eigenvalue weighted by Crippen LogP contribution is -2.49. The average molecular weight is 278 g/mol. The number of carboxylic acid groups (broad SMARTS) is 1. The molecule has 2 atom stereocenters. The molecule has 0 saturated carbocycles. The zero-order valence-electron chi connectivity index (χ0n) is 11.6. The summed E-state index contributed by atoms with van der Waals surface area (Å²) in [5.74, 6) is -0.844. The van der Waals surface area contributed by atoms with Gasteiger partial charge in [-0.1, -0.05) is 13.0 Å². The summed E-state index contributed by atoms with van der Waals surface area (Å²) in [5.41, 5.74) is 1.50. The molecule has 108 valence electrons. The Kier molecular flexibility index (Phi) is 3.92. The van der Waals surface area contributed by atoms with Gasteiger partial charge >= 0.3 is 5.97 Å². The number of carbonyl (C=O) groups is 1. The van der Waals surface area contributed by atoms with E-state index in [9.17, 15) is 20.0 Å².